The van der Waals surface area contributed by atoms with Gasteiger partial charge in [-0.05, 0) is 12.5 Å². The number of hydrogen-bond donors (Lipinski definition) is 3. The number of rotatable bonds is 5. The number of hydrogen-bond acceptors (Lipinski definition) is 4. The average molecular weight is 210 g/mol. The summed E-state index contributed by atoms with van der Waals surface area (Å²) < 4.78 is 5.10. The summed E-state index contributed by atoms with van der Waals surface area (Å²) in [6, 6.07) is 5.48. The Labute approximate surface area is 90.1 Å². The molecule has 1 unspecified atom stereocenters. The number of methoxy groups -OCH3 is 1. The maximum Gasteiger partial charge on any atom is 0.122 e. The number of aliphatic hydroxyl groups is 1. The second-order valence-electron chi connectivity index (χ2n) is 3.43. The molecule has 1 rings (SSSR count). The van der Waals surface area contributed by atoms with E-state index in [2.05, 4.69) is 5.32 Å². The van der Waals surface area contributed by atoms with E-state index in [9.17, 15) is 0 Å². The zero-order valence-electron chi connectivity index (χ0n) is 9.16. The first-order chi connectivity index (χ1) is 7.19. The van der Waals surface area contributed by atoms with Crippen molar-refractivity contribution in [2.24, 2.45) is 0 Å². The summed E-state index contributed by atoms with van der Waals surface area (Å²) in [5, 5.41) is 12.2. The van der Waals surface area contributed by atoms with E-state index in [-0.39, 0.29) is 12.6 Å². The highest BCUT2D eigenvalue weighted by molar-refractivity contribution is 5.59. The van der Waals surface area contributed by atoms with E-state index < -0.39 is 0 Å². The largest absolute Gasteiger partial charge is 0.497 e. The molecular weight excluding hydrogens is 192 g/mol. The van der Waals surface area contributed by atoms with E-state index in [1.165, 1.54) is 0 Å². The molecule has 1 atom stereocenters. The minimum absolute atomic E-state index is 0.0523. The highest BCUT2D eigenvalue weighted by atomic mass is 16.5. The molecule has 0 aliphatic carbocycles. The summed E-state index contributed by atoms with van der Waals surface area (Å²) in [7, 11) is 1.60. The molecule has 4 N–H and O–H groups in total. The Morgan fingerprint density at radius 1 is 1.47 bits per heavy atom. The molecule has 15 heavy (non-hydrogen) atoms. The van der Waals surface area contributed by atoms with Crippen molar-refractivity contribution < 1.29 is 9.84 Å². The molecular formula is C11H18N2O2. The molecule has 0 aliphatic heterocycles. The molecule has 0 bridgehead atoms. The van der Waals surface area contributed by atoms with Crippen LogP contribution in [-0.4, -0.2) is 24.9 Å². The van der Waals surface area contributed by atoms with Crippen LogP contribution in [0.15, 0.2) is 18.2 Å². The van der Waals surface area contributed by atoms with Gasteiger partial charge in [-0.25, -0.2) is 0 Å². The van der Waals surface area contributed by atoms with Gasteiger partial charge in [0.2, 0.25) is 0 Å². The molecule has 4 nitrogen and oxygen atoms in total. The first-order valence-electron chi connectivity index (χ1n) is 5.01. The molecule has 0 spiro atoms. The number of anilines is 2. The van der Waals surface area contributed by atoms with Gasteiger partial charge in [-0.3, -0.25) is 0 Å². The SMILES string of the molecule is CCC(CO)Nc1cc(N)cc(OC)c1. The lowest BCUT2D eigenvalue weighted by Gasteiger charge is -2.16. The van der Waals surface area contributed by atoms with Gasteiger partial charge in [0.25, 0.3) is 0 Å². The minimum Gasteiger partial charge on any atom is -0.497 e. The number of aliphatic hydroxyl groups excluding tert-OH is 1. The molecule has 0 aromatic heterocycles. The molecule has 0 saturated carbocycles. The second kappa shape index (κ2) is 5.46. The van der Waals surface area contributed by atoms with Crippen molar-refractivity contribution in [3.63, 3.8) is 0 Å². The van der Waals surface area contributed by atoms with Crippen LogP contribution in [0.5, 0.6) is 5.75 Å². The van der Waals surface area contributed by atoms with Crippen molar-refractivity contribution in [1.29, 1.82) is 0 Å². The van der Waals surface area contributed by atoms with E-state index in [1.54, 1.807) is 13.2 Å². The molecule has 0 radical (unpaired) electrons. The van der Waals surface area contributed by atoms with Gasteiger partial charge in [0, 0.05) is 29.5 Å². The predicted octanol–water partition coefficient (Wildman–Crippen LogP) is 1.46. The van der Waals surface area contributed by atoms with Crippen molar-refractivity contribution >= 4 is 11.4 Å². The van der Waals surface area contributed by atoms with E-state index in [0.29, 0.717) is 11.4 Å². The number of benzene rings is 1. The fourth-order valence-electron chi connectivity index (χ4n) is 1.34. The van der Waals surface area contributed by atoms with Gasteiger partial charge in [0.1, 0.15) is 5.75 Å². The van der Waals surface area contributed by atoms with Crippen LogP contribution in [0, 0.1) is 0 Å². The lowest BCUT2D eigenvalue weighted by atomic mass is 10.2. The van der Waals surface area contributed by atoms with Crippen LogP contribution >= 0.6 is 0 Å². The lowest BCUT2D eigenvalue weighted by molar-refractivity contribution is 0.272. The predicted molar refractivity (Wildman–Crippen MR) is 62.2 cm³/mol. The fraction of sp³-hybridized carbons (Fsp3) is 0.455. The van der Waals surface area contributed by atoms with Crippen molar-refractivity contribution in [3.05, 3.63) is 18.2 Å². The normalized spacial score (nSPS) is 12.2. The smallest absolute Gasteiger partial charge is 0.122 e. The Morgan fingerprint density at radius 3 is 2.73 bits per heavy atom. The van der Waals surface area contributed by atoms with Crippen LogP contribution in [0.1, 0.15) is 13.3 Å². The minimum atomic E-state index is 0.0523. The summed E-state index contributed by atoms with van der Waals surface area (Å²) in [6.07, 6.45) is 0.855. The first-order valence-corrected chi connectivity index (χ1v) is 5.01. The van der Waals surface area contributed by atoms with E-state index in [0.717, 1.165) is 12.1 Å². The van der Waals surface area contributed by atoms with Crippen molar-refractivity contribution in [2.45, 2.75) is 19.4 Å². The van der Waals surface area contributed by atoms with E-state index in [4.69, 9.17) is 15.6 Å². The van der Waals surface area contributed by atoms with Crippen LogP contribution in [0.2, 0.25) is 0 Å². The van der Waals surface area contributed by atoms with Crippen molar-refractivity contribution in [2.75, 3.05) is 24.8 Å². The molecule has 1 aromatic carbocycles. The van der Waals surface area contributed by atoms with Gasteiger partial charge >= 0.3 is 0 Å². The number of nitrogens with two attached hydrogens (primary N) is 1. The third-order valence-corrected chi connectivity index (χ3v) is 2.25. The molecule has 0 saturated heterocycles. The van der Waals surface area contributed by atoms with Crippen LogP contribution in [0.4, 0.5) is 11.4 Å². The Morgan fingerprint density at radius 2 is 2.20 bits per heavy atom. The molecule has 1 aromatic rings. The maximum absolute atomic E-state index is 9.06. The average Bonchev–Trinajstić information content (AvgIpc) is 2.25. The Balaban J connectivity index is 2.79. The topological polar surface area (TPSA) is 67.5 Å². The first kappa shape index (κ1) is 11.7. The number of nitrogen functional groups attached to an aromatic ring is 1. The summed E-state index contributed by atoms with van der Waals surface area (Å²) >= 11 is 0. The van der Waals surface area contributed by atoms with E-state index in [1.807, 2.05) is 19.1 Å². The standard InChI is InChI=1S/C11H18N2O2/c1-3-9(7-14)13-10-4-8(12)5-11(6-10)15-2/h4-6,9,13-14H,3,7,12H2,1-2H3. The zero-order valence-corrected chi connectivity index (χ0v) is 9.16. The molecule has 4 heteroatoms. The van der Waals surface area contributed by atoms with Crippen molar-refractivity contribution in [3.8, 4) is 5.75 Å². The zero-order chi connectivity index (χ0) is 11.3. The molecule has 84 valence electrons. The molecule has 0 fully saturated rings. The summed E-state index contributed by atoms with van der Waals surface area (Å²) in [5.41, 5.74) is 7.22. The van der Waals surface area contributed by atoms with Crippen LogP contribution in [0.25, 0.3) is 0 Å². The highest BCUT2D eigenvalue weighted by Crippen LogP contribution is 2.22. The Bertz CT molecular complexity index is 311. The summed E-state index contributed by atoms with van der Waals surface area (Å²) in [5.74, 6) is 0.713. The van der Waals surface area contributed by atoms with Gasteiger partial charge in [0.05, 0.1) is 13.7 Å². The van der Waals surface area contributed by atoms with Crippen molar-refractivity contribution in [1.82, 2.24) is 0 Å². The third kappa shape index (κ3) is 3.32. The Kier molecular flexibility index (Phi) is 4.24. The summed E-state index contributed by atoms with van der Waals surface area (Å²) in [6.45, 7) is 2.12. The molecule has 0 aliphatic rings. The van der Waals surface area contributed by atoms with E-state index >= 15 is 0 Å². The van der Waals surface area contributed by atoms with Gasteiger partial charge in [0.15, 0.2) is 0 Å². The highest BCUT2D eigenvalue weighted by Gasteiger charge is 2.05. The quantitative estimate of drug-likeness (QED) is 0.644. The van der Waals surface area contributed by atoms with Crippen LogP contribution in [0.3, 0.4) is 0 Å². The fourth-order valence-corrected chi connectivity index (χ4v) is 1.34. The van der Waals surface area contributed by atoms with Gasteiger partial charge < -0.3 is 20.9 Å². The van der Waals surface area contributed by atoms with Crippen LogP contribution < -0.4 is 15.8 Å². The second-order valence-corrected chi connectivity index (χ2v) is 3.43. The number of ether oxygens (including phenoxy) is 1. The van der Waals surface area contributed by atoms with Gasteiger partial charge in [-0.15, -0.1) is 0 Å². The summed E-state index contributed by atoms with van der Waals surface area (Å²) in [4.78, 5) is 0. The third-order valence-electron chi connectivity index (χ3n) is 2.25. The maximum atomic E-state index is 9.06. The monoisotopic (exact) mass is 210 g/mol. The lowest BCUT2D eigenvalue weighted by Crippen LogP contribution is -2.22. The van der Waals surface area contributed by atoms with Crippen LogP contribution in [-0.2, 0) is 0 Å². The molecule has 0 heterocycles. The molecule has 0 amide bonds. The Hall–Kier alpha value is -1.42. The van der Waals surface area contributed by atoms with Gasteiger partial charge in [-0.2, -0.15) is 0 Å². The van der Waals surface area contributed by atoms with Gasteiger partial charge in [-0.1, -0.05) is 6.92 Å². The number of nitrogens with one attached hydrogen (secondary N) is 1.